The molecule has 0 aromatic carbocycles. The fourth-order valence-electron chi connectivity index (χ4n) is 6.34. The van der Waals surface area contributed by atoms with Gasteiger partial charge < -0.3 is 24.5 Å². The van der Waals surface area contributed by atoms with Crippen molar-refractivity contribution in [1.29, 1.82) is 0 Å². The Hall–Kier alpha value is -3.73. The van der Waals surface area contributed by atoms with E-state index in [0.717, 1.165) is 80.0 Å². The molecule has 3 fully saturated rings. The second-order valence-electron chi connectivity index (χ2n) is 11.1. The number of piperidine rings is 1. The van der Waals surface area contributed by atoms with E-state index in [-0.39, 0.29) is 24.4 Å². The normalized spacial score (nSPS) is 24.5. The van der Waals surface area contributed by atoms with Crippen LogP contribution in [0.15, 0.2) is 36.7 Å². The third-order valence-electron chi connectivity index (χ3n) is 8.41. The minimum absolute atomic E-state index is 0.00524. The summed E-state index contributed by atoms with van der Waals surface area (Å²) in [6.07, 6.45) is 9.87. The highest BCUT2D eigenvalue weighted by Crippen LogP contribution is 2.38. The minimum Gasteiger partial charge on any atom is -0.465 e. The Labute approximate surface area is 228 Å². The molecule has 6 heterocycles. The van der Waals surface area contributed by atoms with Gasteiger partial charge in [-0.1, -0.05) is 0 Å². The van der Waals surface area contributed by atoms with Crippen molar-refractivity contribution in [3.63, 3.8) is 0 Å². The van der Waals surface area contributed by atoms with Gasteiger partial charge in [-0.25, -0.2) is 14.5 Å². The number of amides is 1. The fourth-order valence-corrected chi connectivity index (χ4v) is 6.34. The topological polar surface area (TPSA) is 113 Å². The lowest BCUT2D eigenvalue weighted by Crippen LogP contribution is -2.51. The monoisotopic (exact) mass is 532 g/mol. The number of hydrogen-bond acceptors (Lipinski definition) is 8. The zero-order valence-corrected chi connectivity index (χ0v) is 22.8. The van der Waals surface area contributed by atoms with Gasteiger partial charge in [0.1, 0.15) is 17.7 Å². The molecular weight excluding hydrogens is 496 g/mol. The van der Waals surface area contributed by atoms with E-state index in [1.54, 1.807) is 4.90 Å². The molecular formula is C28H36N8O3. The summed E-state index contributed by atoms with van der Waals surface area (Å²) in [6, 6.07) is 8.41. The average Bonchev–Trinajstić information content (AvgIpc) is 3.55. The van der Waals surface area contributed by atoms with E-state index >= 15 is 0 Å². The van der Waals surface area contributed by atoms with Crippen LogP contribution in [0.2, 0.25) is 0 Å². The molecule has 4 atom stereocenters. The molecule has 3 aromatic heterocycles. The standard InChI is InChI=1S/C28H36N8O3/c1-33(2)27-22(18-16-29-35(17-18)26-6-4-5-13-39-26)9-10-23(30-27)24-11-12-25(32-31-24)34(3)21-14-19-7-8-20(15-21)36(19)28(37)38/h9-12,16-17,19-21,26H,4-8,13-15H2,1-3H3,(H,37,38)/t19-,20+,21+,26?. The Morgan fingerprint density at radius 3 is 2.41 bits per heavy atom. The smallest absolute Gasteiger partial charge is 0.407 e. The van der Waals surface area contributed by atoms with Crippen molar-refractivity contribution in [3.05, 3.63) is 36.7 Å². The molecule has 206 valence electrons. The van der Waals surface area contributed by atoms with Crippen molar-refractivity contribution in [2.75, 3.05) is 37.5 Å². The third kappa shape index (κ3) is 4.91. The highest BCUT2D eigenvalue weighted by Gasteiger charge is 2.44. The largest absolute Gasteiger partial charge is 0.465 e. The molecule has 0 aliphatic carbocycles. The predicted molar refractivity (Wildman–Crippen MR) is 148 cm³/mol. The SMILES string of the molecule is CN(C)c1nc(-c2ccc(N(C)[C@H]3C[C@H]4CC[C@@H](C3)N4C(=O)O)nn2)ccc1-c1cnn(C2CCCCO2)c1. The zero-order chi connectivity index (χ0) is 27.1. The Morgan fingerprint density at radius 2 is 1.77 bits per heavy atom. The van der Waals surface area contributed by atoms with Crippen molar-refractivity contribution in [2.24, 2.45) is 0 Å². The second kappa shape index (κ2) is 10.4. The van der Waals surface area contributed by atoms with Crippen LogP contribution in [0.25, 0.3) is 22.5 Å². The first-order valence-electron chi connectivity index (χ1n) is 13.8. The maximum atomic E-state index is 11.6. The number of ether oxygens (including phenoxy) is 1. The van der Waals surface area contributed by atoms with Crippen molar-refractivity contribution in [3.8, 4) is 22.5 Å². The number of carboxylic acid groups (broad SMARTS) is 1. The lowest BCUT2D eigenvalue weighted by Gasteiger charge is -2.41. The molecule has 3 aliphatic heterocycles. The molecule has 6 rings (SSSR count). The van der Waals surface area contributed by atoms with Crippen LogP contribution in [-0.4, -0.2) is 86.9 Å². The molecule has 3 aromatic rings. The van der Waals surface area contributed by atoms with Crippen LogP contribution in [0, 0.1) is 0 Å². The first-order valence-corrected chi connectivity index (χ1v) is 13.8. The summed E-state index contributed by atoms with van der Waals surface area (Å²) in [5.74, 6) is 1.62. The number of nitrogens with zero attached hydrogens (tertiary/aromatic N) is 8. The first-order chi connectivity index (χ1) is 18.9. The molecule has 0 radical (unpaired) electrons. The van der Waals surface area contributed by atoms with Gasteiger partial charge in [-0.15, -0.1) is 10.2 Å². The number of pyridine rings is 1. The van der Waals surface area contributed by atoms with E-state index in [4.69, 9.17) is 9.72 Å². The van der Waals surface area contributed by atoms with E-state index < -0.39 is 6.09 Å². The van der Waals surface area contributed by atoms with E-state index in [1.807, 2.05) is 61.3 Å². The third-order valence-corrected chi connectivity index (χ3v) is 8.41. The predicted octanol–water partition coefficient (Wildman–Crippen LogP) is 4.28. The Morgan fingerprint density at radius 1 is 1.00 bits per heavy atom. The van der Waals surface area contributed by atoms with Crippen molar-refractivity contribution < 1.29 is 14.6 Å². The molecule has 3 aliphatic rings. The van der Waals surface area contributed by atoms with Gasteiger partial charge in [-0.05, 0) is 69.2 Å². The molecule has 11 nitrogen and oxygen atoms in total. The second-order valence-corrected chi connectivity index (χ2v) is 11.1. The summed E-state index contributed by atoms with van der Waals surface area (Å²) in [5.41, 5.74) is 3.45. The van der Waals surface area contributed by atoms with Crippen LogP contribution < -0.4 is 9.80 Å². The molecule has 2 bridgehead atoms. The van der Waals surface area contributed by atoms with Gasteiger partial charge in [0.25, 0.3) is 0 Å². The van der Waals surface area contributed by atoms with E-state index in [9.17, 15) is 9.90 Å². The van der Waals surface area contributed by atoms with Crippen molar-refractivity contribution in [2.45, 2.75) is 69.3 Å². The lowest BCUT2D eigenvalue weighted by atomic mass is 9.96. The Kier molecular flexibility index (Phi) is 6.84. The quantitative estimate of drug-likeness (QED) is 0.497. The van der Waals surface area contributed by atoms with Crippen molar-refractivity contribution >= 4 is 17.7 Å². The van der Waals surface area contributed by atoms with Crippen LogP contribution >= 0.6 is 0 Å². The minimum atomic E-state index is -0.796. The molecule has 39 heavy (non-hydrogen) atoms. The molecule has 3 saturated heterocycles. The first kappa shape index (κ1) is 25.5. The molecule has 11 heteroatoms. The van der Waals surface area contributed by atoms with E-state index in [0.29, 0.717) is 5.69 Å². The number of anilines is 2. The number of hydrogen-bond donors (Lipinski definition) is 1. The summed E-state index contributed by atoms with van der Waals surface area (Å²) >= 11 is 0. The maximum absolute atomic E-state index is 11.6. The molecule has 0 saturated carbocycles. The Bertz CT molecular complexity index is 1310. The molecule has 0 spiro atoms. The zero-order valence-electron chi connectivity index (χ0n) is 22.8. The summed E-state index contributed by atoms with van der Waals surface area (Å²) < 4.78 is 7.81. The average molecular weight is 533 g/mol. The van der Waals surface area contributed by atoms with Crippen LogP contribution in [-0.2, 0) is 4.74 Å². The Balaban J connectivity index is 1.19. The van der Waals surface area contributed by atoms with Gasteiger partial charge in [0, 0.05) is 63.2 Å². The molecule has 1 N–H and O–H groups in total. The van der Waals surface area contributed by atoms with Gasteiger partial charge in [-0.3, -0.25) is 0 Å². The lowest BCUT2D eigenvalue weighted by molar-refractivity contribution is -0.0394. The summed E-state index contributed by atoms with van der Waals surface area (Å²) in [4.78, 5) is 22.4. The van der Waals surface area contributed by atoms with Gasteiger partial charge in [0.05, 0.1) is 11.9 Å². The summed E-state index contributed by atoms with van der Waals surface area (Å²) in [7, 11) is 5.99. The fraction of sp³-hybridized carbons (Fsp3) is 0.536. The van der Waals surface area contributed by atoms with Crippen LogP contribution in [0.3, 0.4) is 0 Å². The molecule has 1 unspecified atom stereocenters. The highest BCUT2D eigenvalue weighted by atomic mass is 16.5. The van der Waals surface area contributed by atoms with Crippen molar-refractivity contribution in [1.82, 2.24) is 29.9 Å². The van der Waals surface area contributed by atoms with Gasteiger partial charge in [0.15, 0.2) is 5.82 Å². The summed E-state index contributed by atoms with van der Waals surface area (Å²) in [5, 5.41) is 23.2. The highest BCUT2D eigenvalue weighted by molar-refractivity contribution is 5.77. The number of rotatable bonds is 6. The number of carbonyl (C=O) groups is 1. The van der Waals surface area contributed by atoms with Crippen LogP contribution in [0.5, 0.6) is 0 Å². The maximum Gasteiger partial charge on any atom is 0.407 e. The summed E-state index contributed by atoms with van der Waals surface area (Å²) in [6.45, 7) is 0.777. The van der Waals surface area contributed by atoms with Gasteiger partial charge in [0.2, 0.25) is 0 Å². The van der Waals surface area contributed by atoms with Gasteiger partial charge in [-0.2, -0.15) is 5.10 Å². The van der Waals surface area contributed by atoms with E-state index in [2.05, 4.69) is 26.3 Å². The van der Waals surface area contributed by atoms with Crippen LogP contribution in [0.1, 0.15) is 51.2 Å². The number of fused-ring (bicyclic) bond motifs is 2. The van der Waals surface area contributed by atoms with E-state index in [1.165, 1.54) is 0 Å². The van der Waals surface area contributed by atoms with Crippen LogP contribution in [0.4, 0.5) is 16.4 Å². The van der Waals surface area contributed by atoms with Gasteiger partial charge >= 0.3 is 6.09 Å². The molecule has 1 amide bonds. The number of aromatic nitrogens is 5.